The molecule has 0 saturated heterocycles. The number of nitrogens with one attached hydrogen (secondary N) is 2. The fraction of sp³-hybridized carbons (Fsp3) is 0.167. The third-order valence-corrected chi connectivity index (χ3v) is 2.57. The van der Waals surface area contributed by atoms with Crippen molar-refractivity contribution < 1.29 is 9.53 Å². The number of methoxy groups -OCH3 is 1. The quantitative estimate of drug-likeness (QED) is 0.541. The molecule has 0 bridgehead atoms. The zero-order valence-corrected chi connectivity index (χ0v) is 10.2. The molecule has 18 heavy (non-hydrogen) atoms. The molecule has 0 aliphatic heterocycles. The number of nitrogens with zero attached hydrogens (tertiary/aromatic N) is 1. The van der Waals surface area contributed by atoms with Gasteiger partial charge >= 0.3 is 0 Å². The maximum atomic E-state index is 11.8. The number of aromatic amines is 1. The summed E-state index contributed by atoms with van der Waals surface area (Å²) in [6, 6.07) is 7.26. The highest BCUT2D eigenvalue weighted by atomic mass is 16.5. The molecule has 6 nitrogen and oxygen atoms in total. The van der Waals surface area contributed by atoms with Crippen molar-refractivity contribution in [3.8, 4) is 5.75 Å². The van der Waals surface area contributed by atoms with E-state index in [0.717, 1.165) is 10.9 Å². The average Bonchev–Trinajstić information content (AvgIpc) is 2.82. The van der Waals surface area contributed by atoms with Crippen molar-refractivity contribution in [2.75, 3.05) is 14.2 Å². The van der Waals surface area contributed by atoms with E-state index >= 15 is 0 Å². The predicted molar refractivity (Wildman–Crippen MR) is 69.9 cm³/mol. The maximum Gasteiger partial charge on any atom is 0.274 e. The highest BCUT2D eigenvalue weighted by Crippen LogP contribution is 2.25. The Hall–Kier alpha value is -2.50. The number of carbonyl (C=O) groups excluding carboxylic acids is 1. The van der Waals surface area contributed by atoms with Crippen LogP contribution in [0.25, 0.3) is 10.9 Å². The number of ether oxygens (including phenoxy) is 1. The van der Waals surface area contributed by atoms with Crippen LogP contribution in [0.4, 0.5) is 0 Å². The number of hydrogen-bond donors (Lipinski definition) is 3. The zero-order valence-electron chi connectivity index (χ0n) is 10.2. The number of nitrogens with two attached hydrogens (primary N) is 1. The van der Waals surface area contributed by atoms with Crippen LogP contribution >= 0.6 is 0 Å². The van der Waals surface area contributed by atoms with Gasteiger partial charge in [-0.1, -0.05) is 6.07 Å². The van der Waals surface area contributed by atoms with Crippen molar-refractivity contribution >= 4 is 22.8 Å². The van der Waals surface area contributed by atoms with Gasteiger partial charge in [0.05, 0.1) is 7.11 Å². The average molecular weight is 246 g/mol. The molecular formula is C12H14N4O2. The van der Waals surface area contributed by atoms with Gasteiger partial charge in [-0.2, -0.15) is 0 Å². The third kappa shape index (κ3) is 2.13. The first-order valence-electron chi connectivity index (χ1n) is 5.35. The summed E-state index contributed by atoms with van der Waals surface area (Å²) >= 11 is 0. The van der Waals surface area contributed by atoms with Crippen LogP contribution in [0.2, 0.25) is 0 Å². The largest absolute Gasteiger partial charge is 0.496 e. The minimum Gasteiger partial charge on any atom is -0.496 e. The monoisotopic (exact) mass is 246 g/mol. The molecule has 0 spiro atoms. The standard InChI is InChI=1S/C12H14N4O2/c1-14-12(13)16-11(17)9-6-7-8(15-9)4-3-5-10(7)18-2/h3-6,15H,1-2H3,(H3,13,14,16,17). The molecule has 0 aliphatic rings. The molecule has 6 heteroatoms. The second-order valence-corrected chi connectivity index (χ2v) is 3.67. The zero-order chi connectivity index (χ0) is 13.1. The minimum atomic E-state index is -0.337. The highest BCUT2D eigenvalue weighted by molar-refractivity contribution is 6.07. The van der Waals surface area contributed by atoms with Crippen molar-refractivity contribution in [1.29, 1.82) is 0 Å². The molecular weight excluding hydrogens is 232 g/mol. The van der Waals surface area contributed by atoms with E-state index in [1.807, 2.05) is 18.2 Å². The first-order valence-corrected chi connectivity index (χ1v) is 5.35. The van der Waals surface area contributed by atoms with E-state index in [9.17, 15) is 4.79 Å². The van der Waals surface area contributed by atoms with Crippen LogP contribution in [0.15, 0.2) is 29.3 Å². The topological polar surface area (TPSA) is 92.5 Å². The Bertz CT molecular complexity index is 616. The maximum absolute atomic E-state index is 11.8. The Morgan fingerprint density at radius 3 is 2.94 bits per heavy atom. The second-order valence-electron chi connectivity index (χ2n) is 3.67. The van der Waals surface area contributed by atoms with Gasteiger partial charge < -0.3 is 15.5 Å². The Balaban J connectivity index is 2.38. The van der Waals surface area contributed by atoms with Gasteiger partial charge in [-0.05, 0) is 18.2 Å². The molecule has 0 fully saturated rings. The van der Waals surface area contributed by atoms with Gasteiger partial charge in [0.1, 0.15) is 11.4 Å². The molecule has 4 N–H and O–H groups in total. The first kappa shape index (κ1) is 12.0. The lowest BCUT2D eigenvalue weighted by molar-refractivity contribution is 0.0972. The van der Waals surface area contributed by atoms with Crippen molar-refractivity contribution in [2.45, 2.75) is 0 Å². The summed E-state index contributed by atoms with van der Waals surface area (Å²) in [5.74, 6) is 0.446. The van der Waals surface area contributed by atoms with Crippen LogP contribution in [0.1, 0.15) is 10.5 Å². The van der Waals surface area contributed by atoms with Gasteiger partial charge in [-0.25, -0.2) is 0 Å². The van der Waals surface area contributed by atoms with Gasteiger partial charge in [-0.15, -0.1) is 0 Å². The number of amides is 1. The first-order chi connectivity index (χ1) is 8.65. The van der Waals surface area contributed by atoms with Gasteiger partial charge in [0.2, 0.25) is 0 Å². The number of hydrogen-bond acceptors (Lipinski definition) is 3. The number of fused-ring (bicyclic) bond motifs is 1. The summed E-state index contributed by atoms with van der Waals surface area (Å²) in [4.78, 5) is 18.5. The van der Waals surface area contributed by atoms with E-state index in [-0.39, 0.29) is 11.9 Å². The number of rotatable bonds is 2. The van der Waals surface area contributed by atoms with Crippen molar-refractivity contribution in [3.05, 3.63) is 30.0 Å². The molecule has 1 aromatic heterocycles. The number of aliphatic imine (C=N–C) groups is 1. The predicted octanol–water partition coefficient (Wildman–Crippen LogP) is 0.851. The number of H-pyrrole nitrogens is 1. The number of guanidine groups is 1. The van der Waals surface area contributed by atoms with Crippen LogP contribution in [-0.4, -0.2) is 31.0 Å². The minimum absolute atomic E-state index is 0.0746. The van der Waals surface area contributed by atoms with E-state index in [4.69, 9.17) is 10.5 Å². The molecule has 0 atom stereocenters. The molecule has 0 saturated carbocycles. The van der Waals surface area contributed by atoms with Gasteiger partial charge in [0.15, 0.2) is 5.96 Å². The second kappa shape index (κ2) is 4.79. The Morgan fingerprint density at radius 2 is 2.28 bits per heavy atom. The molecule has 0 unspecified atom stereocenters. The molecule has 2 aromatic rings. The highest BCUT2D eigenvalue weighted by Gasteiger charge is 2.12. The Kier molecular flexibility index (Phi) is 3.18. The molecule has 94 valence electrons. The Labute approximate surface area is 104 Å². The van der Waals surface area contributed by atoms with Gasteiger partial charge in [0.25, 0.3) is 5.91 Å². The van der Waals surface area contributed by atoms with Crippen molar-refractivity contribution in [3.63, 3.8) is 0 Å². The van der Waals surface area contributed by atoms with Crippen LogP contribution in [0.5, 0.6) is 5.75 Å². The van der Waals surface area contributed by atoms with E-state index in [2.05, 4.69) is 15.3 Å². The lowest BCUT2D eigenvalue weighted by Gasteiger charge is -2.00. The molecule has 1 aromatic carbocycles. The number of aromatic nitrogens is 1. The molecule has 0 radical (unpaired) electrons. The molecule has 1 heterocycles. The summed E-state index contributed by atoms with van der Waals surface area (Å²) < 4.78 is 5.22. The van der Waals surface area contributed by atoms with Gasteiger partial charge in [-0.3, -0.25) is 15.1 Å². The summed E-state index contributed by atoms with van der Waals surface area (Å²) in [6.45, 7) is 0. The molecule has 0 aliphatic carbocycles. The summed E-state index contributed by atoms with van der Waals surface area (Å²) in [6.07, 6.45) is 0. The van der Waals surface area contributed by atoms with Crippen LogP contribution in [-0.2, 0) is 0 Å². The summed E-state index contributed by atoms with van der Waals surface area (Å²) in [5.41, 5.74) is 6.67. The normalized spacial score (nSPS) is 11.6. The summed E-state index contributed by atoms with van der Waals surface area (Å²) in [5, 5.41) is 3.31. The fourth-order valence-electron chi connectivity index (χ4n) is 1.67. The molecule has 2 rings (SSSR count). The van der Waals surface area contributed by atoms with E-state index in [1.165, 1.54) is 7.05 Å². The van der Waals surface area contributed by atoms with Crippen LogP contribution in [0.3, 0.4) is 0 Å². The summed E-state index contributed by atoms with van der Waals surface area (Å²) in [7, 11) is 3.09. The lowest BCUT2D eigenvalue weighted by Crippen LogP contribution is -2.36. The SMILES string of the molecule is CN=C(N)NC(=O)c1cc2c(OC)cccc2[nH]1. The third-order valence-electron chi connectivity index (χ3n) is 2.57. The van der Waals surface area contributed by atoms with E-state index < -0.39 is 0 Å². The van der Waals surface area contributed by atoms with Crippen molar-refractivity contribution in [2.24, 2.45) is 10.7 Å². The van der Waals surface area contributed by atoms with E-state index in [0.29, 0.717) is 11.4 Å². The fourth-order valence-corrected chi connectivity index (χ4v) is 1.67. The van der Waals surface area contributed by atoms with E-state index in [1.54, 1.807) is 13.2 Å². The number of carbonyl (C=O) groups is 1. The Morgan fingerprint density at radius 1 is 1.50 bits per heavy atom. The van der Waals surface area contributed by atoms with Gasteiger partial charge in [0, 0.05) is 18.0 Å². The smallest absolute Gasteiger partial charge is 0.274 e. The lowest BCUT2D eigenvalue weighted by atomic mass is 10.2. The van der Waals surface area contributed by atoms with Crippen LogP contribution in [0, 0.1) is 0 Å². The number of benzene rings is 1. The molecule has 1 amide bonds. The van der Waals surface area contributed by atoms with Crippen molar-refractivity contribution in [1.82, 2.24) is 10.3 Å². The van der Waals surface area contributed by atoms with Crippen LogP contribution < -0.4 is 15.8 Å².